The van der Waals surface area contributed by atoms with Gasteiger partial charge in [0.1, 0.15) is 18.7 Å². The van der Waals surface area contributed by atoms with Gasteiger partial charge in [0.15, 0.2) is 0 Å². The van der Waals surface area contributed by atoms with Gasteiger partial charge in [-0.3, -0.25) is 14.5 Å². The van der Waals surface area contributed by atoms with Crippen molar-refractivity contribution < 1.29 is 36.3 Å². The maximum Gasteiger partial charge on any atom is 0.341 e. The summed E-state index contributed by atoms with van der Waals surface area (Å²) in [5.41, 5.74) is -0.561. The van der Waals surface area contributed by atoms with Crippen LogP contribution in [0, 0.1) is 0 Å². The molecule has 3 amide bonds. The van der Waals surface area contributed by atoms with Crippen molar-refractivity contribution >= 4 is 27.7 Å². The largest absolute Gasteiger partial charge is 0.459 e. The quantitative estimate of drug-likeness (QED) is 0.546. The highest BCUT2D eigenvalue weighted by atomic mass is 32.2. The number of halogens is 2. The summed E-state index contributed by atoms with van der Waals surface area (Å²) >= 11 is 0. The number of benzene rings is 1. The van der Waals surface area contributed by atoms with E-state index >= 15 is 0 Å². The molecule has 0 aromatic heterocycles. The van der Waals surface area contributed by atoms with E-state index in [1.165, 1.54) is 12.1 Å². The number of ether oxygens (including phenoxy) is 1. The molecule has 11 heteroatoms. The number of nitrogens with zero attached hydrogens (tertiary/aromatic N) is 1. The van der Waals surface area contributed by atoms with Crippen molar-refractivity contribution in [3.8, 4) is 0 Å². The van der Waals surface area contributed by atoms with Crippen molar-refractivity contribution in [2.75, 3.05) is 6.54 Å². The molecule has 8 nitrogen and oxygen atoms in total. The fourth-order valence-corrected chi connectivity index (χ4v) is 4.25. The lowest BCUT2D eigenvalue weighted by molar-refractivity contribution is -0.149. The average molecular weight is 430 g/mol. The average Bonchev–Trinajstić information content (AvgIpc) is 2.91. The van der Waals surface area contributed by atoms with Crippen LogP contribution in [-0.4, -0.2) is 49.1 Å². The minimum absolute atomic E-state index is 0.261. The molecule has 0 atom stereocenters. The lowest BCUT2D eigenvalue weighted by Gasteiger charge is -2.30. The van der Waals surface area contributed by atoms with Crippen LogP contribution >= 0.6 is 0 Å². The van der Waals surface area contributed by atoms with Gasteiger partial charge in [-0.1, -0.05) is 31.4 Å². The van der Waals surface area contributed by atoms with Gasteiger partial charge < -0.3 is 10.1 Å². The first-order valence-electron chi connectivity index (χ1n) is 9.06. The number of amides is 3. The van der Waals surface area contributed by atoms with Gasteiger partial charge in [0.2, 0.25) is 9.84 Å². The van der Waals surface area contributed by atoms with E-state index in [9.17, 15) is 31.6 Å². The fraction of sp³-hybridized carbons (Fsp3) is 0.500. The Morgan fingerprint density at radius 1 is 1.14 bits per heavy atom. The van der Waals surface area contributed by atoms with Crippen molar-refractivity contribution in [3.05, 3.63) is 29.8 Å². The number of sulfone groups is 1. The van der Waals surface area contributed by atoms with Gasteiger partial charge in [-0.15, -0.1) is 0 Å². The van der Waals surface area contributed by atoms with Crippen LogP contribution in [0.5, 0.6) is 0 Å². The van der Waals surface area contributed by atoms with Gasteiger partial charge in [0.05, 0.1) is 4.90 Å². The molecule has 2 fully saturated rings. The van der Waals surface area contributed by atoms with Crippen LogP contribution in [0.4, 0.5) is 13.6 Å². The molecule has 1 aromatic rings. The Morgan fingerprint density at radius 3 is 2.34 bits per heavy atom. The summed E-state index contributed by atoms with van der Waals surface area (Å²) in [7, 11) is -4.70. The van der Waals surface area contributed by atoms with Crippen LogP contribution < -0.4 is 5.32 Å². The van der Waals surface area contributed by atoms with Crippen molar-refractivity contribution in [3.63, 3.8) is 0 Å². The van der Waals surface area contributed by atoms with E-state index in [2.05, 4.69) is 5.32 Å². The zero-order valence-electron chi connectivity index (χ0n) is 15.4. The van der Waals surface area contributed by atoms with Gasteiger partial charge >= 0.3 is 17.8 Å². The third-order valence-electron chi connectivity index (χ3n) is 5.13. The second-order valence-corrected chi connectivity index (χ2v) is 8.99. The molecule has 1 aromatic carbocycles. The molecule has 1 N–H and O–H groups in total. The highest BCUT2D eigenvalue weighted by molar-refractivity contribution is 7.91. The second-order valence-electron chi connectivity index (χ2n) is 7.07. The minimum atomic E-state index is -4.70. The van der Waals surface area contributed by atoms with Crippen LogP contribution in [0.3, 0.4) is 0 Å². The molecule has 158 valence electrons. The summed E-state index contributed by atoms with van der Waals surface area (Å²) in [6, 6.07) is 3.85. The Balaban J connectivity index is 1.56. The number of carbonyl (C=O) groups is 3. The van der Waals surface area contributed by atoms with E-state index in [0.717, 1.165) is 36.3 Å². The van der Waals surface area contributed by atoms with E-state index in [4.69, 9.17) is 4.74 Å². The molecule has 1 aliphatic carbocycles. The zero-order chi connectivity index (χ0) is 21.2. The maximum atomic E-state index is 12.6. The van der Waals surface area contributed by atoms with Crippen molar-refractivity contribution in [2.24, 2.45) is 0 Å². The third-order valence-corrected chi connectivity index (χ3v) is 6.52. The topological polar surface area (TPSA) is 110 Å². The molecule has 3 rings (SSSR count). The molecule has 1 heterocycles. The molecule has 0 unspecified atom stereocenters. The Morgan fingerprint density at radius 2 is 1.76 bits per heavy atom. The SMILES string of the molecule is O=C(CN1C(=O)NC2(CCCCC2)C1=O)OCc1ccc(S(=O)(=O)C(F)F)cc1. The second kappa shape index (κ2) is 8.05. The summed E-state index contributed by atoms with van der Waals surface area (Å²) < 4.78 is 52.8. The Bertz CT molecular complexity index is 911. The predicted molar refractivity (Wildman–Crippen MR) is 95.5 cm³/mol. The van der Waals surface area contributed by atoms with E-state index in [1.54, 1.807) is 0 Å². The van der Waals surface area contributed by atoms with Gasteiger partial charge in [0.25, 0.3) is 5.91 Å². The smallest absolute Gasteiger partial charge is 0.341 e. The van der Waals surface area contributed by atoms with Gasteiger partial charge in [-0.05, 0) is 30.5 Å². The van der Waals surface area contributed by atoms with E-state index < -0.39 is 50.5 Å². The van der Waals surface area contributed by atoms with Crippen LogP contribution in [0.2, 0.25) is 0 Å². The minimum Gasteiger partial charge on any atom is -0.459 e. The Labute approximate surface area is 166 Å². The predicted octanol–water partition coefficient (Wildman–Crippen LogP) is 1.98. The Kier molecular flexibility index (Phi) is 5.87. The van der Waals surface area contributed by atoms with E-state index in [1.807, 2.05) is 0 Å². The highest BCUT2D eigenvalue weighted by Gasteiger charge is 2.51. The number of rotatable bonds is 6. The molecule has 2 aliphatic rings. The molecular formula is C18H20F2N2O6S. The zero-order valence-corrected chi connectivity index (χ0v) is 16.2. The number of hydrogen-bond donors (Lipinski definition) is 1. The summed E-state index contributed by atoms with van der Waals surface area (Å²) in [6.45, 7) is -0.799. The number of imide groups is 1. The molecule has 1 spiro atoms. The normalized spacial score (nSPS) is 18.9. The molecule has 0 radical (unpaired) electrons. The monoisotopic (exact) mass is 430 g/mol. The Hall–Kier alpha value is -2.56. The molecule has 1 saturated carbocycles. The number of nitrogens with one attached hydrogen (secondary N) is 1. The molecule has 0 bridgehead atoms. The highest BCUT2D eigenvalue weighted by Crippen LogP contribution is 2.33. The van der Waals surface area contributed by atoms with Crippen LogP contribution in [0.1, 0.15) is 37.7 Å². The first-order chi connectivity index (χ1) is 13.7. The van der Waals surface area contributed by atoms with Crippen LogP contribution in [0.25, 0.3) is 0 Å². The van der Waals surface area contributed by atoms with Crippen molar-refractivity contribution in [1.29, 1.82) is 0 Å². The van der Waals surface area contributed by atoms with E-state index in [0.29, 0.717) is 18.4 Å². The van der Waals surface area contributed by atoms with Crippen LogP contribution in [0.15, 0.2) is 29.2 Å². The fourth-order valence-electron chi connectivity index (χ4n) is 3.53. The molecule has 29 heavy (non-hydrogen) atoms. The molecule has 1 aliphatic heterocycles. The summed E-state index contributed by atoms with van der Waals surface area (Å²) in [6.07, 6.45) is 3.71. The number of carbonyl (C=O) groups excluding carboxylic acids is 3. The molecular weight excluding hydrogens is 410 g/mol. The lowest BCUT2D eigenvalue weighted by Crippen LogP contribution is -2.48. The third kappa shape index (κ3) is 4.24. The first kappa shape index (κ1) is 21.2. The number of esters is 1. The standard InChI is InChI=1S/C18H20F2N2O6S/c19-16(20)29(26,27)13-6-4-12(5-7-13)11-28-14(23)10-22-15(24)18(21-17(22)25)8-2-1-3-9-18/h4-7,16H,1-3,8-11H2,(H,21,25). The lowest BCUT2D eigenvalue weighted by atomic mass is 9.82. The number of hydrogen-bond acceptors (Lipinski definition) is 6. The van der Waals surface area contributed by atoms with E-state index in [-0.39, 0.29) is 6.61 Å². The summed E-state index contributed by atoms with van der Waals surface area (Å²) in [5, 5.41) is 2.69. The summed E-state index contributed by atoms with van der Waals surface area (Å²) in [4.78, 5) is 37.1. The van der Waals surface area contributed by atoms with Gasteiger partial charge in [0, 0.05) is 0 Å². The number of alkyl halides is 2. The van der Waals surface area contributed by atoms with Crippen molar-refractivity contribution in [2.45, 2.75) is 54.9 Å². The van der Waals surface area contributed by atoms with Gasteiger partial charge in [-0.2, -0.15) is 8.78 Å². The van der Waals surface area contributed by atoms with Crippen LogP contribution in [-0.2, 0) is 30.8 Å². The first-order valence-corrected chi connectivity index (χ1v) is 10.6. The maximum absolute atomic E-state index is 12.6. The van der Waals surface area contributed by atoms with Gasteiger partial charge in [-0.25, -0.2) is 13.2 Å². The molecule has 1 saturated heterocycles. The summed E-state index contributed by atoms with van der Waals surface area (Å²) in [5.74, 6) is -4.77. The number of urea groups is 1. The van der Waals surface area contributed by atoms with Crippen molar-refractivity contribution in [1.82, 2.24) is 10.2 Å².